The molecule has 3 rings (SSSR count). The highest BCUT2D eigenvalue weighted by Gasteiger charge is 2.22. The molecule has 0 aliphatic carbocycles. The van der Waals surface area contributed by atoms with Crippen LogP contribution < -0.4 is 5.84 Å². The third-order valence-electron chi connectivity index (χ3n) is 4.53. The first kappa shape index (κ1) is 14.9. The number of nitrogens with two attached hydrogens (primary N) is 1. The Labute approximate surface area is 130 Å². The summed E-state index contributed by atoms with van der Waals surface area (Å²) in [5.41, 5.74) is 2.80. The summed E-state index contributed by atoms with van der Waals surface area (Å²) in [4.78, 5) is 14.3. The zero-order valence-corrected chi connectivity index (χ0v) is 13.2. The van der Waals surface area contributed by atoms with Gasteiger partial charge in [0, 0.05) is 11.6 Å². The lowest BCUT2D eigenvalue weighted by Gasteiger charge is -2.28. The van der Waals surface area contributed by atoms with Crippen LogP contribution in [0.4, 0.5) is 0 Å². The van der Waals surface area contributed by atoms with Gasteiger partial charge in [0.2, 0.25) is 0 Å². The predicted octanol–water partition coefficient (Wildman–Crippen LogP) is 2.34. The van der Waals surface area contributed by atoms with Gasteiger partial charge in [-0.2, -0.15) is 0 Å². The van der Waals surface area contributed by atoms with Gasteiger partial charge in [-0.25, -0.2) is 4.79 Å². The van der Waals surface area contributed by atoms with Crippen molar-refractivity contribution in [1.29, 1.82) is 0 Å². The van der Waals surface area contributed by atoms with Crippen molar-refractivity contribution < 1.29 is 9.53 Å². The number of esters is 1. The molecular formula is C17H23N3O2. The highest BCUT2D eigenvalue weighted by Crippen LogP contribution is 2.34. The summed E-state index contributed by atoms with van der Waals surface area (Å²) >= 11 is 0. The van der Waals surface area contributed by atoms with Crippen molar-refractivity contribution in [3.05, 3.63) is 35.5 Å². The van der Waals surface area contributed by atoms with Gasteiger partial charge in [-0.15, -0.1) is 0 Å². The standard InChI is InChI=1S/C17H23N3O2/c1-3-22-17(21)13-4-5-16-14(10-13)15(11-20(16)18)12-6-8-19(2)9-7-12/h4-5,10-12H,3,6-9,18H2,1-2H3. The fourth-order valence-electron chi connectivity index (χ4n) is 3.27. The zero-order valence-electron chi connectivity index (χ0n) is 13.2. The lowest BCUT2D eigenvalue weighted by molar-refractivity contribution is 0.0526. The number of nitrogens with zero attached hydrogens (tertiary/aromatic N) is 2. The van der Waals surface area contributed by atoms with Gasteiger partial charge in [-0.05, 0) is 69.6 Å². The number of ether oxygens (including phenoxy) is 1. The molecule has 5 nitrogen and oxygen atoms in total. The monoisotopic (exact) mass is 301 g/mol. The van der Waals surface area contributed by atoms with Crippen LogP contribution in [0.3, 0.4) is 0 Å². The van der Waals surface area contributed by atoms with Crippen LogP contribution in [0, 0.1) is 0 Å². The van der Waals surface area contributed by atoms with Crippen molar-refractivity contribution in [2.75, 3.05) is 32.6 Å². The number of likely N-dealkylation sites (tertiary alicyclic amines) is 1. The average molecular weight is 301 g/mol. The molecule has 2 aromatic rings. The Morgan fingerprint density at radius 2 is 2.09 bits per heavy atom. The molecule has 0 unspecified atom stereocenters. The Morgan fingerprint density at radius 3 is 2.77 bits per heavy atom. The van der Waals surface area contributed by atoms with Gasteiger partial charge in [0.25, 0.3) is 0 Å². The first-order valence-corrected chi connectivity index (χ1v) is 7.86. The number of benzene rings is 1. The van der Waals surface area contributed by atoms with E-state index in [9.17, 15) is 4.79 Å². The molecule has 118 valence electrons. The first-order valence-electron chi connectivity index (χ1n) is 7.86. The smallest absolute Gasteiger partial charge is 0.338 e. The van der Waals surface area contributed by atoms with E-state index in [4.69, 9.17) is 10.6 Å². The number of nitrogen functional groups attached to an aromatic ring is 1. The minimum atomic E-state index is -0.275. The number of rotatable bonds is 3. The molecule has 1 aliphatic heterocycles. The summed E-state index contributed by atoms with van der Waals surface area (Å²) in [6.07, 6.45) is 4.26. The van der Waals surface area contributed by atoms with Gasteiger partial charge in [0.15, 0.2) is 0 Å². The quantitative estimate of drug-likeness (QED) is 0.698. The average Bonchev–Trinajstić information content (AvgIpc) is 2.85. The maximum absolute atomic E-state index is 12.0. The maximum atomic E-state index is 12.0. The molecule has 1 fully saturated rings. The van der Waals surface area contributed by atoms with E-state index in [0.29, 0.717) is 18.1 Å². The second-order valence-electron chi connectivity index (χ2n) is 6.02. The van der Waals surface area contributed by atoms with E-state index >= 15 is 0 Å². The van der Waals surface area contributed by atoms with Crippen LogP contribution in [0.1, 0.15) is 41.6 Å². The first-order chi connectivity index (χ1) is 10.6. The SMILES string of the molecule is CCOC(=O)c1ccc2c(c1)c(C1CCN(C)CC1)cn2N. The summed E-state index contributed by atoms with van der Waals surface area (Å²) < 4.78 is 6.76. The van der Waals surface area contributed by atoms with E-state index in [1.54, 1.807) is 10.7 Å². The molecule has 1 aromatic heterocycles. The van der Waals surface area contributed by atoms with E-state index in [0.717, 1.165) is 36.8 Å². The molecule has 22 heavy (non-hydrogen) atoms. The molecule has 0 amide bonds. The summed E-state index contributed by atoms with van der Waals surface area (Å²) in [5, 5.41) is 1.07. The molecule has 5 heteroatoms. The van der Waals surface area contributed by atoms with Crippen LogP contribution in [0.25, 0.3) is 10.9 Å². The minimum absolute atomic E-state index is 0.275. The van der Waals surface area contributed by atoms with Gasteiger partial charge in [0.1, 0.15) is 0 Å². The normalized spacial score (nSPS) is 17.0. The number of aromatic nitrogens is 1. The summed E-state index contributed by atoms with van der Waals surface area (Å²) in [6, 6.07) is 5.60. The molecule has 0 radical (unpaired) electrons. The lowest BCUT2D eigenvalue weighted by Crippen LogP contribution is -2.29. The van der Waals surface area contributed by atoms with Crippen LogP contribution in [0.15, 0.2) is 24.4 Å². The summed E-state index contributed by atoms with van der Waals surface area (Å²) in [5.74, 6) is 6.31. The van der Waals surface area contributed by atoms with Crippen LogP contribution in [-0.2, 0) is 4.74 Å². The van der Waals surface area contributed by atoms with Crippen molar-refractivity contribution >= 4 is 16.9 Å². The molecule has 0 bridgehead atoms. The van der Waals surface area contributed by atoms with Crippen molar-refractivity contribution in [3.63, 3.8) is 0 Å². The fourth-order valence-corrected chi connectivity index (χ4v) is 3.27. The maximum Gasteiger partial charge on any atom is 0.338 e. The van der Waals surface area contributed by atoms with Gasteiger partial charge in [0.05, 0.1) is 17.7 Å². The molecular weight excluding hydrogens is 278 g/mol. The predicted molar refractivity (Wildman–Crippen MR) is 87.5 cm³/mol. The van der Waals surface area contributed by atoms with E-state index in [2.05, 4.69) is 11.9 Å². The van der Waals surface area contributed by atoms with E-state index in [-0.39, 0.29) is 5.97 Å². The summed E-state index contributed by atoms with van der Waals surface area (Å²) in [7, 11) is 2.15. The van der Waals surface area contributed by atoms with Gasteiger partial charge < -0.3 is 15.5 Å². The topological polar surface area (TPSA) is 60.5 Å². The van der Waals surface area contributed by atoms with Gasteiger partial charge in [-0.3, -0.25) is 4.68 Å². The van der Waals surface area contributed by atoms with Crippen LogP contribution in [-0.4, -0.2) is 42.3 Å². The number of fused-ring (bicyclic) bond motifs is 1. The lowest BCUT2D eigenvalue weighted by atomic mass is 9.89. The Morgan fingerprint density at radius 1 is 1.36 bits per heavy atom. The number of piperidine rings is 1. The molecule has 1 aromatic carbocycles. The van der Waals surface area contributed by atoms with E-state index < -0.39 is 0 Å². The molecule has 0 spiro atoms. The number of hydrogen-bond donors (Lipinski definition) is 1. The van der Waals surface area contributed by atoms with Crippen molar-refractivity contribution in [1.82, 2.24) is 9.58 Å². The molecule has 2 heterocycles. The molecule has 0 saturated carbocycles. The van der Waals surface area contributed by atoms with E-state index in [1.165, 1.54) is 5.56 Å². The van der Waals surface area contributed by atoms with Gasteiger partial charge in [-0.1, -0.05) is 0 Å². The second kappa shape index (κ2) is 6.01. The second-order valence-corrected chi connectivity index (χ2v) is 6.02. The Bertz CT molecular complexity index is 685. The molecule has 2 N–H and O–H groups in total. The third-order valence-corrected chi connectivity index (χ3v) is 4.53. The fraction of sp³-hybridized carbons (Fsp3) is 0.471. The number of carbonyl (C=O) groups is 1. The van der Waals surface area contributed by atoms with Gasteiger partial charge >= 0.3 is 5.97 Å². The largest absolute Gasteiger partial charge is 0.462 e. The van der Waals surface area contributed by atoms with Crippen molar-refractivity contribution in [2.45, 2.75) is 25.7 Å². The molecule has 0 atom stereocenters. The van der Waals surface area contributed by atoms with E-state index in [1.807, 2.05) is 25.3 Å². The van der Waals surface area contributed by atoms with Crippen LogP contribution >= 0.6 is 0 Å². The van der Waals surface area contributed by atoms with Crippen LogP contribution in [0.5, 0.6) is 0 Å². The Hall–Kier alpha value is -2.01. The minimum Gasteiger partial charge on any atom is -0.462 e. The highest BCUT2D eigenvalue weighted by atomic mass is 16.5. The van der Waals surface area contributed by atoms with Crippen molar-refractivity contribution in [2.24, 2.45) is 0 Å². The van der Waals surface area contributed by atoms with Crippen LogP contribution in [0.2, 0.25) is 0 Å². The third kappa shape index (κ3) is 2.68. The summed E-state index contributed by atoms with van der Waals surface area (Å²) in [6.45, 7) is 4.40. The molecule has 1 saturated heterocycles. The Balaban J connectivity index is 1.99. The molecule has 1 aliphatic rings. The zero-order chi connectivity index (χ0) is 15.7. The number of carbonyl (C=O) groups excluding carboxylic acids is 1. The number of hydrogen-bond acceptors (Lipinski definition) is 4. The Kier molecular flexibility index (Phi) is 4.07. The van der Waals surface area contributed by atoms with Crippen molar-refractivity contribution in [3.8, 4) is 0 Å². The highest BCUT2D eigenvalue weighted by molar-refractivity contribution is 5.96.